The number of aliphatic hydroxyl groups excluding tert-OH is 1. The van der Waals surface area contributed by atoms with Gasteiger partial charge in [-0.1, -0.05) is 66.2 Å². The van der Waals surface area contributed by atoms with Gasteiger partial charge < -0.3 is 10.8 Å². The number of nitrogens with two attached hydrogens (primary N) is 1. The highest BCUT2D eigenvalue weighted by Crippen LogP contribution is 2.27. The SMILES string of the molecule is CC(C)(CN)c1ccc(C(O)c2ccc(Br)cc2)cc1. The smallest absolute Gasteiger partial charge is 0.104 e. The molecule has 0 saturated heterocycles. The van der Waals surface area contributed by atoms with Crippen LogP contribution in [0.2, 0.25) is 0 Å². The summed E-state index contributed by atoms with van der Waals surface area (Å²) in [6.45, 7) is 4.84. The second kappa shape index (κ2) is 6.08. The quantitative estimate of drug-likeness (QED) is 0.894. The van der Waals surface area contributed by atoms with E-state index in [0.29, 0.717) is 6.54 Å². The van der Waals surface area contributed by atoms with Crippen LogP contribution in [0.3, 0.4) is 0 Å². The van der Waals surface area contributed by atoms with E-state index >= 15 is 0 Å². The van der Waals surface area contributed by atoms with Crippen molar-refractivity contribution in [2.45, 2.75) is 25.4 Å². The zero-order valence-electron chi connectivity index (χ0n) is 11.8. The van der Waals surface area contributed by atoms with Crippen LogP contribution in [0.25, 0.3) is 0 Å². The van der Waals surface area contributed by atoms with Gasteiger partial charge in [-0.15, -0.1) is 0 Å². The van der Waals surface area contributed by atoms with Crippen LogP contribution in [0.5, 0.6) is 0 Å². The molecule has 0 aliphatic rings. The fourth-order valence-corrected chi connectivity index (χ4v) is 2.34. The van der Waals surface area contributed by atoms with Gasteiger partial charge in [0.05, 0.1) is 0 Å². The Balaban J connectivity index is 2.23. The van der Waals surface area contributed by atoms with Crippen molar-refractivity contribution >= 4 is 15.9 Å². The third-order valence-corrected chi connectivity index (χ3v) is 4.23. The molecule has 0 radical (unpaired) electrons. The molecule has 0 fully saturated rings. The normalized spacial score (nSPS) is 13.2. The summed E-state index contributed by atoms with van der Waals surface area (Å²) in [5, 5.41) is 10.4. The first-order valence-corrected chi connectivity index (χ1v) is 7.47. The molecule has 0 aliphatic carbocycles. The second-order valence-corrected chi connectivity index (χ2v) is 6.58. The van der Waals surface area contributed by atoms with Crippen LogP contribution in [0.1, 0.15) is 36.6 Å². The van der Waals surface area contributed by atoms with E-state index in [1.807, 2.05) is 48.5 Å². The molecule has 1 atom stereocenters. The van der Waals surface area contributed by atoms with Crippen LogP contribution >= 0.6 is 15.9 Å². The summed E-state index contributed by atoms with van der Waals surface area (Å²) in [6, 6.07) is 15.8. The van der Waals surface area contributed by atoms with E-state index in [2.05, 4.69) is 29.8 Å². The first-order chi connectivity index (χ1) is 9.44. The van der Waals surface area contributed by atoms with Crippen LogP contribution in [-0.4, -0.2) is 11.7 Å². The Hall–Kier alpha value is -1.16. The Bertz CT molecular complexity index is 561. The summed E-state index contributed by atoms with van der Waals surface area (Å²) in [5.74, 6) is 0. The van der Waals surface area contributed by atoms with E-state index in [4.69, 9.17) is 5.73 Å². The largest absolute Gasteiger partial charge is 0.384 e. The van der Waals surface area contributed by atoms with Gasteiger partial charge in [-0.3, -0.25) is 0 Å². The molecule has 0 aliphatic heterocycles. The number of aliphatic hydroxyl groups is 1. The molecule has 0 amide bonds. The Morgan fingerprint density at radius 3 is 1.90 bits per heavy atom. The first-order valence-electron chi connectivity index (χ1n) is 6.68. The highest BCUT2D eigenvalue weighted by atomic mass is 79.9. The maximum atomic E-state index is 10.4. The lowest BCUT2D eigenvalue weighted by molar-refractivity contribution is 0.220. The van der Waals surface area contributed by atoms with E-state index in [0.717, 1.165) is 15.6 Å². The maximum absolute atomic E-state index is 10.4. The summed E-state index contributed by atoms with van der Waals surface area (Å²) in [4.78, 5) is 0. The average molecular weight is 334 g/mol. The predicted molar refractivity (Wildman–Crippen MR) is 86.7 cm³/mol. The van der Waals surface area contributed by atoms with Gasteiger partial charge in [-0.2, -0.15) is 0 Å². The lowest BCUT2D eigenvalue weighted by atomic mass is 9.84. The summed E-state index contributed by atoms with van der Waals surface area (Å²) in [7, 11) is 0. The average Bonchev–Trinajstić information content (AvgIpc) is 2.47. The van der Waals surface area contributed by atoms with Gasteiger partial charge in [0.1, 0.15) is 6.10 Å². The zero-order valence-corrected chi connectivity index (χ0v) is 13.4. The number of hydrogen-bond donors (Lipinski definition) is 2. The molecule has 3 N–H and O–H groups in total. The van der Waals surface area contributed by atoms with Gasteiger partial charge in [0, 0.05) is 16.4 Å². The summed E-state index contributed by atoms with van der Waals surface area (Å²) < 4.78 is 1.01. The van der Waals surface area contributed by atoms with Gasteiger partial charge in [0.25, 0.3) is 0 Å². The molecule has 3 heteroatoms. The zero-order chi connectivity index (χ0) is 14.8. The summed E-state index contributed by atoms with van der Waals surface area (Å²) >= 11 is 3.40. The number of benzene rings is 2. The topological polar surface area (TPSA) is 46.2 Å². The van der Waals surface area contributed by atoms with Crippen LogP contribution < -0.4 is 5.73 Å². The number of rotatable bonds is 4. The summed E-state index contributed by atoms with van der Waals surface area (Å²) in [6.07, 6.45) is -0.599. The van der Waals surface area contributed by atoms with Crippen LogP contribution in [0.4, 0.5) is 0 Å². The first kappa shape index (κ1) is 15.2. The fourth-order valence-electron chi connectivity index (χ4n) is 2.07. The Morgan fingerprint density at radius 2 is 1.45 bits per heavy atom. The van der Waals surface area contributed by atoms with Crippen molar-refractivity contribution in [1.29, 1.82) is 0 Å². The van der Waals surface area contributed by atoms with Crippen molar-refractivity contribution in [3.05, 3.63) is 69.7 Å². The van der Waals surface area contributed by atoms with Gasteiger partial charge in [-0.25, -0.2) is 0 Å². The van der Waals surface area contributed by atoms with Crippen LogP contribution in [0, 0.1) is 0 Å². The van der Waals surface area contributed by atoms with Crippen molar-refractivity contribution in [2.75, 3.05) is 6.54 Å². The molecule has 0 heterocycles. The lowest BCUT2D eigenvalue weighted by Gasteiger charge is -2.23. The molecule has 2 nitrogen and oxygen atoms in total. The Kier molecular flexibility index (Phi) is 4.63. The standard InChI is InChI=1S/C17H20BrNO/c1-17(2,11-19)14-7-3-12(4-8-14)16(20)13-5-9-15(18)10-6-13/h3-10,16,20H,11,19H2,1-2H3. The molecule has 2 aromatic carbocycles. The van der Waals surface area contributed by atoms with Gasteiger partial charge in [-0.05, 0) is 28.8 Å². The van der Waals surface area contributed by atoms with Crippen LogP contribution in [-0.2, 0) is 5.41 Å². The molecular formula is C17H20BrNO. The van der Waals surface area contributed by atoms with E-state index in [-0.39, 0.29) is 5.41 Å². The predicted octanol–water partition coefficient (Wildman–Crippen LogP) is 3.77. The minimum absolute atomic E-state index is 0.0406. The van der Waals surface area contributed by atoms with E-state index in [1.165, 1.54) is 5.56 Å². The molecule has 20 heavy (non-hydrogen) atoms. The fraction of sp³-hybridized carbons (Fsp3) is 0.294. The molecule has 1 unspecified atom stereocenters. The lowest BCUT2D eigenvalue weighted by Crippen LogP contribution is -2.28. The highest BCUT2D eigenvalue weighted by molar-refractivity contribution is 9.10. The van der Waals surface area contributed by atoms with Gasteiger partial charge >= 0.3 is 0 Å². The summed E-state index contributed by atoms with van der Waals surface area (Å²) in [5.41, 5.74) is 8.71. The van der Waals surface area contributed by atoms with Crippen molar-refractivity contribution in [3.8, 4) is 0 Å². The number of hydrogen-bond acceptors (Lipinski definition) is 2. The third-order valence-electron chi connectivity index (χ3n) is 3.70. The van der Waals surface area contributed by atoms with Gasteiger partial charge in [0.15, 0.2) is 0 Å². The third kappa shape index (κ3) is 3.29. The van der Waals surface area contributed by atoms with E-state index < -0.39 is 6.10 Å². The highest BCUT2D eigenvalue weighted by Gasteiger charge is 2.19. The minimum atomic E-state index is -0.599. The maximum Gasteiger partial charge on any atom is 0.104 e. The van der Waals surface area contributed by atoms with Crippen molar-refractivity contribution < 1.29 is 5.11 Å². The molecule has 0 aromatic heterocycles. The van der Waals surface area contributed by atoms with Crippen LogP contribution in [0.15, 0.2) is 53.0 Å². The van der Waals surface area contributed by atoms with Gasteiger partial charge in [0.2, 0.25) is 0 Å². The van der Waals surface area contributed by atoms with Crippen molar-refractivity contribution in [3.63, 3.8) is 0 Å². The molecule has 0 saturated carbocycles. The molecule has 2 aromatic rings. The molecule has 106 valence electrons. The van der Waals surface area contributed by atoms with Crippen molar-refractivity contribution in [2.24, 2.45) is 5.73 Å². The van der Waals surface area contributed by atoms with E-state index in [9.17, 15) is 5.11 Å². The number of halogens is 1. The van der Waals surface area contributed by atoms with E-state index in [1.54, 1.807) is 0 Å². The Labute approximate surface area is 128 Å². The molecule has 0 bridgehead atoms. The minimum Gasteiger partial charge on any atom is -0.384 e. The van der Waals surface area contributed by atoms with Crippen molar-refractivity contribution in [1.82, 2.24) is 0 Å². The monoisotopic (exact) mass is 333 g/mol. The molecular weight excluding hydrogens is 314 g/mol. The molecule has 0 spiro atoms. The Morgan fingerprint density at radius 1 is 1.00 bits per heavy atom. The second-order valence-electron chi connectivity index (χ2n) is 5.66. The molecule has 2 rings (SSSR count).